The number of hydrogen-bond donors (Lipinski definition) is 2. The van der Waals surface area contributed by atoms with E-state index in [9.17, 15) is 20.1 Å². The molecule has 0 aliphatic carbocycles. The molecule has 2 amide bonds. The van der Waals surface area contributed by atoms with E-state index in [4.69, 9.17) is 0 Å². The van der Waals surface area contributed by atoms with Crippen LogP contribution in [0.3, 0.4) is 0 Å². The van der Waals surface area contributed by atoms with Crippen LogP contribution < -0.4 is 10.4 Å². The lowest BCUT2D eigenvalue weighted by molar-refractivity contribution is -0.684. The van der Waals surface area contributed by atoms with Crippen molar-refractivity contribution in [3.8, 4) is 0 Å². The van der Waals surface area contributed by atoms with Gasteiger partial charge in [-0.3, -0.25) is 25.5 Å². The summed E-state index contributed by atoms with van der Waals surface area (Å²) in [6, 6.07) is 9.15. The molecule has 0 saturated heterocycles. The van der Waals surface area contributed by atoms with Crippen LogP contribution in [0.25, 0.3) is 0 Å². The fourth-order valence-electron chi connectivity index (χ4n) is 1.92. The van der Waals surface area contributed by atoms with Crippen LogP contribution in [0.2, 0.25) is 0 Å². The maximum atomic E-state index is 12.1. The minimum absolute atomic E-state index is 0.238. The Morgan fingerprint density at radius 1 is 1.27 bits per heavy atom. The molecule has 2 N–H and O–H groups in total. The molecule has 0 bridgehead atoms. The third-order valence-corrected chi connectivity index (χ3v) is 3.03. The zero-order valence-electron chi connectivity index (χ0n) is 11.7. The fraction of sp³-hybridized carbons (Fsp3) is 0.143. The first-order chi connectivity index (χ1) is 10.5. The van der Waals surface area contributed by atoms with Gasteiger partial charge in [0.05, 0.1) is 16.7 Å². The average molecular weight is 302 g/mol. The van der Waals surface area contributed by atoms with E-state index in [2.05, 4.69) is 10.3 Å². The first kappa shape index (κ1) is 15.5. The lowest BCUT2D eigenvalue weighted by Crippen LogP contribution is -3.07. The van der Waals surface area contributed by atoms with Gasteiger partial charge in [-0.1, -0.05) is 18.2 Å². The molecule has 0 aliphatic rings. The minimum atomic E-state index is -0.949. The van der Waals surface area contributed by atoms with E-state index in [1.165, 1.54) is 24.3 Å². The molecule has 0 aliphatic heterocycles. The predicted molar refractivity (Wildman–Crippen MR) is 78.3 cm³/mol. The third-order valence-electron chi connectivity index (χ3n) is 3.03. The summed E-state index contributed by atoms with van der Waals surface area (Å²) in [5, 5.41) is 24.5. The van der Waals surface area contributed by atoms with Crippen molar-refractivity contribution in [2.24, 2.45) is 0 Å². The van der Waals surface area contributed by atoms with Crippen molar-refractivity contribution in [1.29, 1.82) is 0 Å². The first-order valence-corrected chi connectivity index (χ1v) is 6.50. The molecular formula is C14H14N4O4. The molecule has 2 rings (SSSR count). The van der Waals surface area contributed by atoms with Crippen LogP contribution in [0, 0.1) is 15.3 Å². The van der Waals surface area contributed by atoms with E-state index in [-0.39, 0.29) is 5.69 Å². The zero-order chi connectivity index (χ0) is 16.1. The van der Waals surface area contributed by atoms with Crippen molar-refractivity contribution in [2.45, 2.75) is 13.0 Å². The summed E-state index contributed by atoms with van der Waals surface area (Å²) in [5.41, 5.74) is -0.0439. The number of para-hydroxylation sites is 2. The van der Waals surface area contributed by atoms with Crippen molar-refractivity contribution in [2.75, 3.05) is 0 Å². The SMILES string of the molecule is CC(NC(=O)[NH+]([O-])c1ccccc1[N+](=O)[O-])c1ccccn1. The van der Waals surface area contributed by atoms with E-state index in [0.29, 0.717) is 5.69 Å². The van der Waals surface area contributed by atoms with Gasteiger partial charge in [-0.2, -0.15) is 0 Å². The molecule has 22 heavy (non-hydrogen) atoms. The van der Waals surface area contributed by atoms with E-state index in [1.807, 2.05) is 0 Å². The van der Waals surface area contributed by atoms with Gasteiger partial charge in [0.2, 0.25) is 5.69 Å². The molecule has 0 saturated carbocycles. The highest BCUT2D eigenvalue weighted by atomic mass is 16.6. The van der Waals surface area contributed by atoms with Gasteiger partial charge in [-0.25, -0.2) is 4.79 Å². The number of nitro benzene ring substituents is 1. The van der Waals surface area contributed by atoms with Crippen LogP contribution in [0.1, 0.15) is 18.7 Å². The van der Waals surface area contributed by atoms with Crippen LogP contribution in [0.4, 0.5) is 16.2 Å². The maximum Gasteiger partial charge on any atom is 0.420 e. The van der Waals surface area contributed by atoms with Gasteiger partial charge in [-0.05, 0) is 19.1 Å². The molecule has 8 heteroatoms. The zero-order valence-corrected chi connectivity index (χ0v) is 11.7. The highest BCUT2D eigenvalue weighted by Gasteiger charge is 2.25. The fourth-order valence-corrected chi connectivity index (χ4v) is 1.92. The number of benzene rings is 1. The molecule has 2 atom stereocenters. The number of carbonyl (C=O) groups excluding carboxylic acids is 1. The van der Waals surface area contributed by atoms with Gasteiger partial charge < -0.3 is 5.21 Å². The van der Waals surface area contributed by atoms with Crippen LogP contribution >= 0.6 is 0 Å². The van der Waals surface area contributed by atoms with Crippen molar-refractivity contribution in [3.05, 3.63) is 69.7 Å². The average Bonchev–Trinajstić information content (AvgIpc) is 2.54. The summed E-state index contributed by atoms with van der Waals surface area (Å²) in [6.07, 6.45) is 1.57. The third kappa shape index (κ3) is 3.43. The van der Waals surface area contributed by atoms with Crippen molar-refractivity contribution in [1.82, 2.24) is 10.3 Å². The number of urea groups is 1. The van der Waals surface area contributed by atoms with Crippen LogP contribution in [0.15, 0.2) is 48.7 Å². The van der Waals surface area contributed by atoms with E-state index in [1.54, 1.807) is 31.3 Å². The highest BCUT2D eigenvalue weighted by Crippen LogP contribution is 2.19. The van der Waals surface area contributed by atoms with Crippen molar-refractivity contribution < 1.29 is 14.8 Å². The topological polar surface area (TPSA) is 113 Å². The maximum absolute atomic E-state index is 12.1. The number of quaternary nitrogens is 1. The van der Waals surface area contributed by atoms with Gasteiger partial charge in [0.25, 0.3) is 0 Å². The summed E-state index contributed by atoms with van der Waals surface area (Å²) in [4.78, 5) is 26.3. The Kier molecular flexibility index (Phi) is 4.77. The Bertz CT molecular complexity index is 678. The van der Waals surface area contributed by atoms with Gasteiger partial charge in [0.15, 0.2) is 0 Å². The Hall–Kier alpha value is -2.84. The largest absolute Gasteiger partial charge is 0.620 e. The molecule has 0 radical (unpaired) electrons. The second-order valence-electron chi connectivity index (χ2n) is 4.55. The monoisotopic (exact) mass is 302 g/mol. The molecule has 0 fully saturated rings. The van der Waals surface area contributed by atoms with Crippen LogP contribution in [-0.4, -0.2) is 15.9 Å². The molecule has 2 aromatic rings. The number of carbonyl (C=O) groups is 1. The minimum Gasteiger partial charge on any atom is -0.620 e. The second-order valence-corrected chi connectivity index (χ2v) is 4.55. The predicted octanol–water partition coefficient (Wildman–Crippen LogP) is 1.47. The lowest BCUT2D eigenvalue weighted by atomic mass is 10.2. The summed E-state index contributed by atoms with van der Waals surface area (Å²) >= 11 is 0. The highest BCUT2D eigenvalue weighted by molar-refractivity contribution is 5.70. The Balaban J connectivity index is 2.15. The number of nitrogens with one attached hydrogen (secondary N) is 2. The van der Waals surface area contributed by atoms with Gasteiger partial charge >= 0.3 is 11.7 Å². The molecule has 1 aromatic carbocycles. The first-order valence-electron chi connectivity index (χ1n) is 6.50. The van der Waals surface area contributed by atoms with Crippen molar-refractivity contribution in [3.63, 3.8) is 0 Å². The summed E-state index contributed by atoms with van der Waals surface area (Å²) in [7, 11) is 0. The molecule has 8 nitrogen and oxygen atoms in total. The lowest BCUT2D eigenvalue weighted by Gasteiger charge is -2.21. The van der Waals surface area contributed by atoms with Gasteiger partial charge in [-0.15, -0.1) is 0 Å². The van der Waals surface area contributed by atoms with E-state index < -0.39 is 27.7 Å². The smallest absolute Gasteiger partial charge is 0.420 e. The number of aromatic nitrogens is 1. The molecule has 0 spiro atoms. The summed E-state index contributed by atoms with van der Waals surface area (Å²) in [5.74, 6) is 0. The van der Waals surface area contributed by atoms with Gasteiger partial charge in [0, 0.05) is 18.3 Å². The molecular weight excluding hydrogens is 288 g/mol. The number of rotatable bonds is 4. The number of hydroxylamine groups is 1. The Morgan fingerprint density at radius 3 is 2.59 bits per heavy atom. The number of nitrogens with zero attached hydrogens (tertiary/aromatic N) is 2. The second kappa shape index (κ2) is 6.74. The standard InChI is InChI=1S/C14H14N4O4/c1-10(11-6-4-5-9-15-11)16-14(19)17(20)12-7-2-3-8-13(12)18(21)22/h2-10,17H,1H3,(H,16,19). The molecule has 2 unspecified atom stereocenters. The number of pyridine rings is 1. The number of amides is 2. The van der Waals surface area contributed by atoms with Crippen LogP contribution in [-0.2, 0) is 0 Å². The number of nitro groups is 1. The molecule has 1 heterocycles. The van der Waals surface area contributed by atoms with Gasteiger partial charge in [0.1, 0.15) is 0 Å². The van der Waals surface area contributed by atoms with Crippen molar-refractivity contribution >= 4 is 17.4 Å². The van der Waals surface area contributed by atoms with Crippen LogP contribution in [0.5, 0.6) is 0 Å². The Labute approximate surface area is 126 Å². The quantitative estimate of drug-likeness (QED) is 0.656. The van der Waals surface area contributed by atoms with E-state index in [0.717, 1.165) is 0 Å². The Morgan fingerprint density at radius 2 is 1.95 bits per heavy atom. The normalized spacial score (nSPS) is 13.2. The number of hydrogen-bond acceptors (Lipinski definition) is 5. The summed E-state index contributed by atoms with van der Waals surface area (Å²) < 4.78 is 0. The molecule has 114 valence electrons. The molecule has 1 aromatic heterocycles. The summed E-state index contributed by atoms with van der Waals surface area (Å²) in [6.45, 7) is 1.67. The van der Waals surface area contributed by atoms with E-state index >= 15 is 0 Å².